The lowest BCUT2D eigenvalue weighted by atomic mass is 9.99. The van der Waals surface area contributed by atoms with Crippen molar-refractivity contribution in [1.82, 2.24) is 14.8 Å². The number of fused-ring (bicyclic) bond motifs is 1. The first-order valence-electron chi connectivity index (χ1n) is 14.9. The first-order valence-corrected chi connectivity index (χ1v) is 14.9. The van der Waals surface area contributed by atoms with E-state index in [0.717, 1.165) is 73.4 Å². The number of pyridine rings is 1. The fourth-order valence-corrected chi connectivity index (χ4v) is 6.28. The summed E-state index contributed by atoms with van der Waals surface area (Å²) < 4.78 is 0. The van der Waals surface area contributed by atoms with Crippen molar-refractivity contribution in [2.75, 3.05) is 38.0 Å². The van der Waals surface area contributed by atoms with E-state index in [1.165, 1.54) is 18.4 Å². The van der Waals surface area contributed by atoms with Gasteiger partial charge in [-0.1, -0.05) is 55.5 Å². The lowest BCUT2D eigenvalue weighted by molar-refractivity contribution is 0.0710. The van der Waals surface area contributed by atoms with Gasteiger partial charge in [0.2, 0.25) is 0 Å². The summed E-state index contributed by atoms with van der Waals surface area (Å²) >= 11 is 0. The maximum atomic E-state index is 14.3. The van der Waals surface area contributed by atoms with E-state index in [0.29, 0.717) is 17.0 Å². The molecule has 1 aromatic heterocycles. The topological polar surface area (TPSA) is 72.3 Å². The second-order valence-corrected chi connectivity index (χ2v) is 11.5. The fraction of sp³-hybridized carbons (Fsp3) is 0.343. The zero-order valence-electron chi connectivity index (χ0n) is 23.7. The Balaban J connectivity index is 1.34. The van der Waals surface area contributed by atoms with Gasteiger partial charge in [0.1, 0.15) is 5.82 Å². The van der Waals surface area contributed by atoms with Crippen molar-refractivity contribution in [2.45, 2.75) is 44.6 Å². The van der Waals surface area contributed by atoms with E-state index >= 15 is 0 Å². The second kappa shape index (κ2) is 12.1. The van der Waals surface area contributed by atoms with Crippen molar-refractivity contribution in [3.63, 3.8) is 0 Å². The number of carbonyl (C=O) groups is 1. The molecule has 0 bridgehead atoms. The average molecular weight is 544 g/mol. The highest BCUT2D eigenvalue weighted by Gasteiger charge is 2.32. The minimum absolute atomic E-state index is 0.0928. The first-order chi connectivity index (χ1) is 20.1. The number of hydrogen-bond acceptors (Lipinski definition) is 5. The van der Waals surface area contributed by atoms with Gasteiger partial charge in [-0.05, 0) is 91.7 Å². The molecule has 1 amide bonds. The quantitative estimate of drug-likeness (QED) is 0.268. The molecule has 2 atom stereocenters. The Morgan fingerprint density at radius 1 is 0.976 bits per heavy atom. The summed E-state index contributed by atoms with van der Waals surface area (Å²) in [5.41, 5.74) is 5.42. The molecule has 0 aliphatic carbocycles. The van der Waals surface area contributed by atoms with Crippen LogP contribution in [0.5, 0.6) is 0 Å². The molecule has 2 aliphatic rings. The zero-order valence-corrected chi connectivity index (χ0v) is 23.7. The van der Waals surface area contributed by atoms with Crippen LogP contribution in [0.25, 0.3) is 22.0 Å². The summed E-state index contributed by atoms with van der Waals surface area (Å²) in [6.07, 6.45) is 4.61. The van der Waals surface area contributed by atoms with Gasteiger partial charge >= 0.3 is 0 Å². The number of anilines is 1. The van der Waals surface area contributed by atoms with Gasteiger partial charge in [0.15, 0.2) is 0 Å². The van der Waals surface area contributed by atoms with E-state index in [4.69, 9.17) is 4.98 Å². The number of rotatable bonds is 8. The lowest BCUT2D eigenvalue weighted by Gasteiger charge is -2.29. The number of nitriles is 1. The largest absolute Gasteiger partial charge is 0.369 e. The van der Waals surface area contributed by atoms with Crippen molar-refractivity contribution < 1.29 is 4.79 Å². The van der Waals surface area contributed by atoms with Crippen LogP contribution in [0.4, 0.5) is 5.82 Å². The third kappa shape index (κ3) is 5.96. The third-order valence-corrected chi connectivity index (χ3v) is 8.65. The highest BCUT2D eigenvalue weighted by Crippen LogP contribution is 2.31. The van der Waals surface area contributed by atoms with Gasteiger partial charge in [-0.15, -0.1) is 0 Å². The van der Waals surface area contributed by atoms with Crippen molar-refractivity contribution in [3.8, 4) is 17.2 Å². The normalized spacial score (nSPS) is 18.0. The Bertz CT molecular complexity index is 1550. The fourth-order valence-electron chi connectivity index (χ4n) is 6.28. The number of carbonyl (C=O) groups excluding carboxylic acids is 1. The molecule has 0 spiro atoms. The van der Waals surface area contributed by atoms with Crippen molar-refractivity contribution >= 4 is 22.6 Å². The number of aromatic nitrogens is 1. The predicted molar refractivity (Wildman–Crippen MR) is 165 cm³/mol. The van der Waals surface area contributed by atoms with E-state index in [1.54, 1.807) is 0 Å². The van der Waals surface area contributed by atoms with Gasteiger partial charge in [-0.3, -0.25) is 4.79 Å². The average Bonchev–Trinajstić information content (AvgIpc) is 3.72. The molecule has 0 unspecified atom stereocenters. The van der Waals surface area contributed by atoms with Gasteiger partial charge in [-0.2, -0.15) is 5.26 Å². The molecule has 0 saturated carbocycles. The zero-order chi connectivity index (χ0) is 28.2. The number of nitrogens with one attached hydrogen (secondary N) is 1. The van der Waals surface area contributed by atoms with Crippen LogP contribution >= 0.6 is 0 Å². The molecular formula is C35H37N5O. The van der Waals surface area contributed by atoms with Crippen LogP contribution in [0.1, 0.15) is 60.0 Å². The Morgan fingerprint density at radius 2 is 1.73 bits per heavy atom. The number of benzene rings is 3. The summed E-state index contributed by atoms with van der Waals surface area (Å²) in [4.78, 5) is 23.9. The van der Waals surface area contributed by atoms with Crippen LogP contribution in [0.15, 0.2) is 78.9 Å². The highest BCUT2D eigenvalue weighted by molar-refractivity contribution is 6.08. The molecule has 1 N–H and O–H groups in total. The maximum absolute atomic E-state index is 14.3. The van der Waals surface area contributed by atoms with Crippen molar-refractivity contribution in [3.05, 3.63) is 95.6 Å². The molecule has 6 heteroatoms. The van der Waals surface area contributed by atoms with Gasteiger partial charge < -0.3 is 15.1 Å². The molecule has 2 saturated heterocycles. The van der Waals surface area contributed by atoms with Gasteiger partial charge in [0, 0.05) is 31.1 Å². The molecule has 41 heavy (non-hydrogen) atoms. The number of hydrogen-bond donors (Lipinski definition) is 1. The molecule has 4 aromatic rings. The third-order valence-electron chi connectivity index (χ3n) is 8.65. The van der Waals surface area contributed by atoms with Crippen LogP contribution in [0.3, 0.4) is 0 Å². The molecule has 3 heterocycles. The Morgan fingerprint density at radius 3 is 2.49 bits per heavy atom. The van der Waals surface area contributed by atoms with Crippen LogP contribution in [-0.2, 0) is 0 Å². The molecule has 3 aromatic carbocycles. The minimum Gasteiger partial charge on any atom is -0.369 e. The lowest BCUT2D eigenvalue weighted by Crippen LogP contribution is -2.42. The molecule has 0 radical (unpaired) electrons. The predicted octanol–water partition coefficient (Wildman–Crippen LogP) is 6.69. The Hall–Kier alpha value is -4.21. The van der Waals surface area contributed by atoms with Gasteiger partial charge in [0.05, 0.1) is 22.7 Å². The summed E-state index contributed by atoms with van der Waals surface area (Å²) in [5, 5.41) is 13.6. The standard InChI is InChI=1S/C35H37N5O/c1-25(27-8-3-2-4-9-27)23-37-34-21-32(35(41)40-19-7-10-30(40)24-39-17-5-6-18-39)31-20-29(15-16-33(31)38-34)28-13-11-26(22-36)12-14-28/h2-4,8-9,11-16,20-21,25,30H,5-7,10,17-19,23-24H2,1H3,(H,37,38)/t25-,30+/m1/s1. The summed E-state index contributed by atoms with van der Waals surface area (Å²) in [7, 11) is 0. The molecule has 6 nitrogen and oxygen atoms in total. The van der Waals surface area contributed by atoms with Crippen LogP contribution in [-0.4, -0.2) is 59.5 Å². The molecule has 2 fully saturated rings. The molecule has 6 rings (SSSR count). The minimum atomic E-state index is 0.0928. The highest BCUT2D eigenvalue weighted by atomic mass is 16.2. The van der Waals surface area contributed by atoms with E-state index in [9.17, 15) is 10.1 Å². The Labute approximate surface area is 242 Å². The molecule has 208 valence electrons. The van der Waals surface area contributed by atoms with E-state index in [2.05, 4.69) is 58.4 Å². The smallest absolute Gasteiger partial charge is 0.254 e. The van der Waals surface area contributed by atoms with E-state index < -0.39 is 0 Å². The second-order valence-electron chi connectivity index (χ2n) is 11.5. The first kappa shape index (κ1) is 27.0. The maximum Gasteiger partial charge on any atom is 0.254 e. The van der Waals surface area contributed by atoms with E-state index in [1.807, 2.05) is 48.5 Å². The van der Waals surface area contributed by atoms with Crippen LogP contribution < -0.4 is 5.32 Å². The summed E-state index contributed by atoms with van der Waals surface area (Å²) in [6, 6.07) is 28.6. The summed E-state index contributed by atoms with van der Waals surface area (Å²) in [6.45, 7) is 6.96. The Kier molecular flexibility index (Phi) is 7.98. The number of likely N-dealkylation sites (tertiary alicyclic amines) is 2. The van der Waals surface area contributed by atoms with Crippen molar-refractivity contribution in [1.29, 1.82) is 5.26 Å². The van der Waals surface area contributed by atoms with Gasteiger partial charge in [-0.25, -0.2) is 4.98 Å². The monoisotopic (exact) mass is 543 g/mol. The SMILES string of the molecule is C[C@H](CNc1cc(C(=O)N2CCC[C@H]2CN2CCCC2)c2cc(-c3ccc(C#N)cc3)ccc2n1)c1ccccc1. The molecular weight excluding hydrogens is 506 g/mol. The van der Waals surface area contributed by atoms with Gasteiger partial charge in [0.25, 0.3) is 5.91 Å². The van der Waals surface area contributed by atoms with Crippen molar-refractivity contribution in [2.24, 2.45) is 0 Å². The summed E-state index contributed by atoms with van der Waals surface area (Å²) in [5.74, 6) is 1.12. The van der Waals surface area contributed by atoms with Crippen LogP contribution in [0.2, 0.25) is 0 Å². The van der Waals surface area contributed by atoms with E-state index in [-0.39, 0.29) is 11.9 Å². The van der Waals surface area contributed by atoms with Crippen LogP contribution in [0, 0.1) is 11.3 Å². The number of amides is 1. The molecule has 2 aliphatic heterocycles. The number of nitrogens with zero attached hydrogens (tertiary/aromatic N) is 4.